The van der Waals surface area contributed by atoms with E-state index in [1.54, 1.807) is 6.07 Å². The number of nitrogens with two attached hydrogens (primary N) is 1. The molecule has 0 spiro atoms. The van der Waals surface area contributed by atoms with Gasteiger partial charge in [0.25, 0.3) is 5.91 Å². The van der Waals surface area contributed by atoms with Crippen LogP contribution in [0.15, 0.2) is 47.4 Å². The molecular formula is C21H26N2O7S. The molecule has 1 amide bonds. The Morgan fingerprint density at radius 3 is 2.29 bits per heavy atom. The van der Waals surface area contributed by atoms with E-state index in [4.69, 9.17) is 19.3 Å². The van der Waals surface area contributed by atoms with Crippen LogP contribution in [0.5, 0.6) is 11.5 Å². The van der Waals surface area contributed by atoms with Gasteiger partial charge in [-0.15, -0.1) is 0 Å². The molecule has 10 heteroatoms. The molecule has 0 aromatic heterocycles. The molecule has 0 aliphatic rings. The van der Waals surface area contributed by atoms with Crippen molar-refractivity contribution in [3.8, 4) is 11.5 Å². The number of sulfonamides is 1. The molecule has 1 atom stereocenters. The van der Waals surface area contributed by atoms with Crippen LogP contribution in [0.4, 0.5) is 5.69 Å². The highest BCUT2D eigenvalue weighted by Crippen LogP contribution is 2.29. The maximum atomic E-state index is 12.5. The number of carbonyl (C=O) groups is 2. The van der Waals surface area contributed by atoms with Crippen LogP contribution in [0.1, 0.15) is 37.6 Å². The van der Waals surface area contributed by atoms with E-state index in [9.17, 15) is 18.0 Å². The van der Waals surface area contributed by atoms with E-state index >= 15 is 0 Å². The van der Waals surface area contributed by atoms with Crippen molar-refractivity contribution < 1.29 is 32.2 Å². The molecule has 31 heavy (non-hydrogen) atoms. The third-order valence-electron chi connectivity index (χ3n) is 4.04. The van der Waals surface area contributed by atoms with E-state index in [2.05, 4.69) is 5.32 Å². The fourth-order valence-electron chi connectivity index (χ4n) is 2.49. The van der Waals surface area contributed by atoms with Gasteiger partial charge in [-0.05, 0) is 62.7 Å². The second-order valence-corrected chi connectivity index (χ2v) is 8.11. The van der Waals surface area contributed by atoms with E-state index < -0.39 is 28.0 Å². The number of hydrogen-bond acceptors (Lipinski definition) is 7. The maximum Gasteiger partial charge on any atom is 0.339 e. The average Bonchev–Trinajstić information content (AvgIpc) is 2.72. The molecule has 3 N–H and O–H groups in total. The standard InChI is InChI=1S/C21H26N2O7S/c1-4-12-29-18-11-6-15(13-19(18)28-5-2)21(25)30-14(3)20(24)23-16-7-9-17(10-8-16)31(22,26)27/h6-11,13-14H,4-5,12H2,1-3H3,(H,23,24)(H2,22,26,27). The average molecular weight is 451 g/mol. The first-order valence-corrected chi connectivity index (χ1v) is 11.2. The highest BCUT2D eigenvalue weighted by atomic mass is 32.2. The Bertz CT molecular complexity index is 1020. The molecule has 0 radical (unpaired) electrons. The lowest BCUT2D eigenvalue weighted by Crippen LogP contribution is -2.30. The fraction of sp³-hybridized carbons (Fsp3) is 0.333. The van der Waals surface area contributed by atoms with Crippen molar-refractivity contribution in [3.63, 3.8) is 0 Å². The minimum absolute atomic E-state index is 0.0820. The molecule has 2 rings (SSSR count). The van der Waals surface area contributed by atoms with Gasteiger partial charge in [-0.25, -0.2) is 18.4 Å². The number of carbonyl (C=O) groups excluding carboxylic acids is 2. The third-order valence-corrected chi connectivity index (χ3v) is 4.97. The van der Waals surface area contributed by atoms with E-state index in [-0.39, 0.29) is 10.5 Å². The molecular weight excluding hydrogens is 424 g/mol. The van der Waals surface area contributed by atoms with Crippen molar-refractivity contribution in [3.05, 3.63) is 48.0 Å². The number of nitrogens with one attached hydrogen (secondary N) is 1. The summed E-state index contributed by atoms with van der Waals surface area (Å²) in [5.74, 6) is -0.341. The first kappa shape index (κ1) is 24.2. The normalized spacial score (nSPS) is 12.0. The van der Waals surface area contributed by atoms with Crippen molar-refractivity contribution in [2.75, 3.05) is 18.5 Å². The third kappa shape index (κ3) is 6.97. The molecule has 0 heterocycles. The zero-order chi connectivity index (χ0) is 23.0. The summed E-state index contributed by atoms with van der Waals surface area (Å²) < 4.78 is 38.9. The summed E-state index contributed by atoms with van der Waals surface area (Å²) in [5, 5.41) is 7.58. The summed E-state index contributed by atoms with van der Waals surface area (Å²) in [4.78, 5) is 24.7. The van der Waals surface area contributed by atoms with Gasteiger partial charge in [0, 0.05) is 5.69 Å². The number of hydrogen-bond donors (Lipinski definition) is 2. The molecule has 0 aliphatic heterocycles. The van der Waals surface area contributed by atoms with E-state index in [0.29, 0.717) is 30.4 Å². The molecule has 2 aromatic rings. The topological polar surface area (TPSA) is 134 Å². The number of amides is 1. The quantitative estimate of drug-likeness (QED) is 0.532. The number of ether oxygens (including phenoxy) is 3. The van der Waals surface area contributed by atoms with Crippen LogP contribution >= 0.6 is 0 Å². The lowest BCUT2D eigenvalue weighted by atomic mass is 10.2. The lowest BCUT2D eigenvalue weighted by Gasteiger charge is -2.15. The summed E-state index contributed by atoms with van der Waals surface area (Å²) in [5.41, 5.74) is 0.542. The Balaban J connectivity index is 2.03. The van der Waals surface area contributed by atoms with Crippen LogP contribution in [0.2, 0.25) is 0 Å². The zero-order valence-electron chi connectivity index (χ0n) is 17.6. The molecule has 0 fully saturated rings. The zero-order valence-corrected chi connectivity index (χ0v) is 18.4. The van der Waals surface area contributed by atoms with E-state index in [1.807, 2.05) is 13.8 Å². The highest BCUT2D eigenvalue weighted by molar-refractivity contribution is 7.89. The molecule has 9 nitrogen and oxygen atoms in total. The van der Waals surface area contributed by atoms with Crippen LogP contribution in [-0.4, -0.2) is 39.6 Å². The van der Waals surface area contributed by atoms with Gasteiger partial charge in [0.15, 0.2) is 17.6 Å². The maximum absolute atomic E-state index is 12.5. The number of benzene rings is 2. The van der Waals surface area contributed by atoms with Gasteiger partial charge in [-0.3, -0.25) is 4.79 Å². The van der Waals surface area contributed by atoms with Gasteiger partial charge >= 0.3 is 5.97 Å². The molecule has 0 saturated carbocycles. The minimum atomic E-state index is -3.83. The van der Waals surface area contributed by atoms with Crippen molar-refractivity contribution in [1.29, 1.82) is 0 Å². The van der Waals surface area contributed by atoms with Crippen LogP contribution in [-0.2, 0) is 19.6 Å². The highest BCUT2D eigenvalue weighted by Gasteiger charge is 2.21. The van der Waals surface area contributed by atoms with Crippen LogP contribution in [0.25, 0.3) is 0 Å². The van der Waals surface area contributed by atoms with Crippen LogP contribution < -0.4 is 19.9 Å². The number of primary sulfonamides is 1. The predicted molar refractivity (Wildman–Crippen MR) is 115 cm³/mol. The van der Waals surface area contributed by atoms with Gasteiger partial charge in [-0.2, -0.15) is 0 Å². The molecule has 1 unspecified atom stereocenters. The Morgan fingerprint density at radius 2 is 1.71 bits per heavy atom. The fourth-order valence-corrected chi connectivity index (χ4v) is 3.00. The van der Waals surface area contributed by atoms with Gasteiger partial charge in [0.05, 0.1) is 23.7 Å². The largest absolute Gasteiger partial charge is 0.490 e. The number of rotatable bonds is 10. The SMILES string of the molecule is CCCOc1ccc(C(=O)OC(C)C(=O)Nc2ccc(S(N)(=O)=O)cc2)cc1OCC. The smallest absolute Gasteiger partial charge is 0.339 e. The molecule has 0 bridgehead atoms. The Labute approximate surface area is 181 Å². The minimum Gasteiger partial charge on any atom is -0.490 e. The summed E-state index contributed by atoms with van der Waals surface area (Å²) in [6.45, 7) is 6.13. The second-order valence-electron chi connectivity index (χ2n) is 6.55. The molecule has 2 aromatic carbocycles. The monoisotopic (exact) mass is 450 g/mol. The number of esters is 1. The Kier molecular flexibility index (Phi) is 8.40. The van der Waals surface area contributed by atoms with E-state index in [1.165, 1.54) is 43.3 Å². The first-order valence-electron chi connectivity index (χ1n) is 9.70. The second kappa shape index (κ2) is 10.8. The summed E-state index contributed by atoms with van der Waals surface area (Å²) >= 11 is 0. The van der Waals surface area contributed by atoms with Crippen molar-refractivity contribution in [2.45, 2.75) is 38.2 Å². The van der Waals surface area contributed by atoms with Gasteiger partial charge in [0.2, 0.25) is 10.0 Å². The summed E-state index contributed by atoms with van der Waals surface area (Å²) in [7, 11) is -3.83. The summed E-state index contributed by atoms with van der Waals surface area (Å²) in [6, 6.07) is 9.96. The number of anilines is 1. The van der Waals surface area contributed by atoms with Crippen molar-refractivity contribution in [1.82, 2.24) is 0 Å². The van der Waals surface area contributed by atoms with Crippen molar-refractivity contribution >= 4 is 27.6 Å². The summed E-state index contributed by atoms with van der Waals surface area (Å²) in [6.07, 6.45) is -0.274. The van der Waals surface area contributed by atoms with Gasteiger partial charge in [0.1, 0.15) is 0 Å². The van der Waals surface area contributed by atoms with Crippen molar-refractivity contribution in [2.24, 2.45) is 5.14 Å². The van der Waals surface area contributed by atoms with Crippen LogP contribution in [0.3, 0.4) is 0 Å². The molecule has 168 valence electrons. The van der Waals surface area contributed by atoms with E-state index in [0.717, 1.165) is 6.42 Å². The predicted octanol–water partition coefficient (Wildman–Crippen LogP) is 2.71. The molecule has 0 saturated heterocycles. The molecule has 0 aliphatic carbocycles. The van der Waals surface area contributed by atoms with Crippen LogP contribution in [0, 0.1) is 0 Å². The Hall–Kier alpha value is -3.11. The van der Waals surface area contributed by atoms with Gasteiger partial charge in [-0.1, -0.05) is 6.92 Å². The van der Waals surface area contributed by atoms with Gasteiger partial charge < -0.3 is 19.5 Å². The Morgan fingerprint density at radius 1 is 1.03 bits per heavy atom. The lowest BCUT2D eigenvalue weighted by molar-refractivity contribution is -0.123. The first-order chi connectivity index (χ1) is 14.7.